The fourth-order valence-electron chi connectivity index (χ4n) is 0.973. The van der Waals surface area contributed by atoms with Gasteiger partial charge in [-0.25, -0.2) is 0 Å². The second-order valence-corrected chi connectivity index (χ2v) is 3.45. The highest BCUT2D eigenvalue weighted by Crippen LogP contribution is 2.06. The molecule has 0 aromatic rings. The number of unbranched alkanes of at least 4 members (excludes halogenated alkanes) is 5. The van der Waals surface area contributed by atoms with Gasteiger partial charge in [-0.3, -0.25) is 0 Å². The number of hydrogen-bond acceptors (Lipinski definition) is 0. The first-order valence-corrected chi connectivity index (χ1v) is 5.44. The van der Waals surface area contributed by atoms with Crippen LogP contribution in [0.25, 0.3) is 0 Å². The Hall–Kier alpha value is 0. The SMILES string of the molecule is C=C=CCCCCCCCBr. The van der Waals surface area contributed by atoms with Gasteiger partial charge < -0.3 is 0 Å². The van der Waals surface area contributed by atoms with Crippen molar-refractivity contribution in [3.63, 3.8) is 0 Å². The fourth-order valence-corrected chi connectivity index (χ4v) is 1.37. The Kier molecular flexibility index (Phi) is 10.0. The van der Waals surface area contributed by atoms with Crippen molar-refractivity contribution in [3.05, 3.63) is 18.4 Å². The second-order valence-electron chi connectivity index (χ2n) is 2.65. The summed E-state index contributed by atoms with van der Waals surface area (Å²) in [5.41, 5.74) is 2.79. The molecule has 0 fully saturated rings. The number of hydrogen-bond donors (Lipinski definition) is 0. The summed E-state index contributed by atoms with van der Waals surface area (Å²) in [4.78, 5) is 0. The normalized spacial score (nSPS) is 9.18. The molecule has 0 aliphatic carbocycles. The Labute approximate surface area is 78.5 Å². The van der Waals surface area contributed by atoms with Gasteiger partial charge in [-0.1, -0.05) is 41.8 Å². The van der Waals surface area contributed by atoms with Crippen LogP contribution in [-0.4, -0.2) is 5.33 Å². The van der Waals surface area contributed by atoms with Crippen LogP contribution in [-0.2, 0) is 0 Å². The van der Waals surface area contributed by atoms with Gasteiger partial charge >= 0.3 is 0 Å². The third kappa shape index (κ3) is 10.0. The molecule has 0 unspecified atom stereocenters. The first-order valence-electron chi connectivity index (χ1n) is 4.32. The van der Waals surface area contributed by atoms with E-state index in [1.165, 1.54) is 32.1 Å². The molecule has 1 heteroatoms. The smallest absolute Gasteiger partial charge is 0.00313 e. The average molecular weight is 217 g/mol. The van der Waals surface area contributed by atoms with Gasteiger partial charge in [-0.05, 0) is 25.3 Å². The number of halogens is 1. The van der Waals surface area contributed by atoms with Gasteiger partial charge in [-0.15, -0.1) is 5.73 Å². The van der Waals surface area contributed by atoms with E-state index >= 15 is 0 Å². The van der Waals surface area contributed by atoms with E-state index in [2.05, 4.69) is 28.2 Å². The minimum Gasteiger partial charge on any atom is -0.133 e. The molecule has 0 nitrogen and oxygen atoms in total. The molecule has 64 valence electrons. The van der Waals surface area contributed by atoms with Crippen molar-refractivity contribution < 1.29 is 0 Å². The van der Waals surface area contributed by atoms with Gasteiger partial charge in [0.05, 0.1) is 0 Å². The van der Waals surface area contributed by atoms with Crippen molar-refractivity contribution in [2.75, 3.05) is 5.33 Å². The van der Waals surface area contributed by atoms with Crippen molar-refractivity contribution >= 4 is 15.9 Å². The largest absolute Gasteiger partial charge is 0.133 e. The van der Waals surface area contributed by atoms with E-state index in [1.54, 1.807) is 0 Å². The number of alkyl halides is 1. The molecule has 0 aliphatic rings. The van der Waals surface area contributed by atoms with E-state index in [0.29, 0.717) is 0 Å². The highest BCUT2D eigenvalue weighted by molar-refractivity contribution is 9.09. The zero-order valence-corrected chi connectivity index (χ0v) is 8.70. The van der Waals surface area contributed by atoms with Crippen molar-refractivity contribution in [2.24, 2.45) is 0 Å². The maximum Gasteiger partial charge on any atom is 0.00313 e. The lowest BCUT2D eigenvalue weighted by molar-refractivity contribution is 0.641. The molecule has 0 spiro atoms. The third-order valence-electron chi connectivity index (χ3n) is 1.63. The summed E-state index contributed by atoms with van der Waals surface area (Å²) in [6, 6.07) is 0. The van der Waals surface area contributed by atoms with E-state index in [9.17, 15) is 0 Å². The minimum absolute atomic E-state index is 1.15. The van der Waals surface area contributed by atoms with E-state index in [0.717, 1.165) is 11.8 Å². The topological polar surface area (TPSA) is 0 Å². The van der Waals surface area contributed by atoms with Crippen molar-refractivity contribution in [2.45, 2.75) is 38.5 Å². The maximum absolute atomic E-state index is 3.52. The van der Waals surface area contributed by atoms with Crippen LogP contribution in [0.3, 0.4) is 0 Å². The van der Waals surface area contributed by atoms with E-state index < -0.39 is 0 Å². The lowest BCUT2D eigenvalue weighted by Gasteiger charge is -1.96. The molecular weight excluding hydrogens is 200 g/mol. The van der Waals surface area contributed by atoms with Crippen LogP contribution in [0.4, 0.5) is 0 Å². The van der Waals surface area contributed by atoms with Gasteiger partial charge in [0, 0.05) is 5.33 Å². The van der Waals surface area contributed by atoms with Gasteiger partial charge in [-0.2, -0.15) is 0 Å². The lowest BCUT2D eigenvalue weighted by atomic mass is 10.1. The molecule has 0 N–H and O–H groups in total. The average Bonchev–Trinajstić information content (AvgIpc) is 2.03. The van der Waals surface area contributed by atoms with Crippen LogP contribution in [0, 0.1) is 0 Å². The Morgan fingerprint density at radius 1 is 1.09 bits per heavy atom. The molecule has 0 aliphatic heterocycles. The third-order valence-corrected chi connectivity index (χ3v) is 2.19. The molecule has 11 heavy (non-hydrogen) atoms. The summed E-state index contributed by atoms with van der Waals surface area (Å²) in [5.74, 6) is 0. The summed E-state index contributed by atoms with van der Waals surface area (Å²) < 4.78 is 0. The molecule has 0 atom stereocenters. The second kappa shape index (κ2) is 10.0. The highest BCUT2D eigenvalue weighted by atomic mass is 79.9. The predicted octanol–water partition coefficient (Wildman–Crippen LogP) is 4.06. The molecule has 0 saturated heterocycles. The Balaban J connectivity index is 2.84. The molecule has 0 rings (SSSR count). The zero-order chi connectivity index (χ0) is 8.36. The molecular formula is C10H17Br. The molecule has 0 heterocycles. The summed E-state index contributed by atoms with van der Waals surface area (Å²) in [7, 11) is 0. The first kappa shape index (κ1) is 11.0. The van der Waals surface area contributed by atoms with Crippen molar-refractivity contribution in [1.82, 2.24) is 0 Å². The van der Waals surface area contributed by atoms with E-state index in [1.807, 2.05) is 6.08 Å². The summed E-state index contributed by atoms with van der Waals surface area (Å²) >= 11 is 3.42. The Morgan fingerprint density at radius 2 is 1.73 bits per heavy atom. The van der Waals surface area contributed by atoms with Gasteiger partial charge in [0.15, 0.2) is 0 Å². The first-order chi connectivity index (χ1) is 5.41. The molecule has 0 aromatic heterocycles. The quantitative estimate of drug-likeness (QED) is 0.342. The Morgan fingerprint density at radius 3 is 2.36 bits per heavy atom. The summed E-state index contributed by atoms with van der Waals surface area (Å²) in [6.07, 6.45) is 9.87. The molecule has 0 aromatic carbocycles. The van der Waals surface area contributed by atoms with E-state index in [4.69, 9.17) is 0 Å². The highest BCUT2D eigenvalue weighted by Gasteiger charge is 1.87. The fraction of sp³-hybridized carbons (Fsp3) is 0.700. The maximum atomic E-state index is 3.52. The molecule has 0 radical (unpaired) electrons. The van der Waals surface area contributed by atoms with Crippen LogP contribution in [0.1, 0.15) is 38.5 Å². The van der Waals surface area contributed by atoms with Crippen LogP contribution in [0.5, 0.6) is 0 Å². The predicted molar refractivity (Wildman–Crippen MR) is 55.2 cm³/mol. The van der Waals surface area contributed by atoms with Gasteiger partial charge in [0.2, 0.25) is 0 Å². The molecule has 0 amide bonds. The molecule has 0 saturated carbocycles. The van der Waals surface area contributed by atoms with Crippen LogP contribution in [0.2, 0.25) is 0 Å². The van der Waals surface area contributed by atoms with E-state index in [-0.39, 0.29) is 0 Å². The van der Waals surface area contributed by atoms with Crippen LogP contribution in [0.15, 0.2) is 18.4 Å². The number of allylic oxidation sites excluding steroid dienone is 1. The minimum atomic E-state index is 1.15. The van der Waals surface area contributed by atoms with Crippen LogP contribution < -0.4 is 0 Å². The van der Waals surface area contributed by atoms with Crippen LogP contribution >= 0.6 is 15.9 Å². The van der Waals surface area contributed by atoms with Crippen molar-refractivity contribution in [3.8, 4) is 0 Å². The monoisotopic (exact) mass is 216 g/mol. The van der Waals surface area contributed by atoms with Gasteiger partial charge in [0.1, 0.15) is 0 Å². The standard InChI is InChI=1S/C10H17Br/c1-2-3-4-5-6-7-8-9-10-11/h3H,1,4-10H2. The molecule has 0 bridgehead atoms. The summed E-state index contributed by atoms with van der Waals surface area (Å²) in [6.45, 7) is 3.52. The summed E-state index contributed by atoms with van der Waals surface area (Å²) in [5, 5.41) is 1.15. The van der Waals surface area contributed by atoms with Gasteiger partial charge in [0.25, 0.3) is 0 Å². The van der Waals surface area contributed by atoms with Crippen molar-refractivity contribution in [1.29, 1.82) is 0 Å². The number of rotatable bonds is 7. The lowest BCUT2D eigenvalue weighted by Crippen LogP contribution is -1.78. The zero-order valence-electron chi connectivity index (χ0n) is 7.11. The Bertz CT molecular complexity index is 112.